The number of anilines is 4. The number of pyridine rings is 1. The summed E-state index contributed by atoms with van der Waals surface area (Å²) in [7, 11) is 0. The highest BCUT2D eigenvalue weighted by atomic mass is 19.2. The molecular formula is C28H26F3N7O3. The Bertz CT molecular complexity index is 1690. The summed E-state index contributed by atoms with van der Waals surface area (Å²) >= 11 is 0. The Morgan fingerprint density at radius 1 is 1.07 bits per heavy atom. The zero-order valence-electron chi connectivity index (χ0n) is 21.8. The van der Waals surface area contributed by atoms with Crippen molar-refractivity contribution in [2.24, 2.45) is 0 Å². The van der Waals surface area contributed by atoms with Crippen LogP contribution in [-0.4, -0.2) is 69.8 Å². The third-order valence-electron chi connectivity index (χ3n) is 6.69. The van der Waals surface area contributed by atoms with Gasteiger partial charge < -0.3 is 25.2 Å². The molecule has 0 atom stereocenters. The fourth-order valence-corrected chi connectivity index (χ4v) is 4.63. The number of nitrogens with zero attached hydrogens (tertiary/aromatic N) is 5. The van der Waals surface area contributed by atoms with Crippen molar-refractivity contribution in [3.05, 3.63) is 89.1 Å². The molecule has 212 valence electrons. The molecule has 0 saturated carbocycles. The van der Waals surface area contributed by atoms with Gasteiger partial charge in [0.05, 0.1) is 29.1 Å². The van der Waals surface area contributed by atoms with Gasteiger partial charge in [0, 0.05) is 56.9 Å². The number of amides is 1. The number of aliphatic hydroxyl groups is 1. The number of benzene rings is 2. The number of β-amino-alcohol motifs (C(OH)–C–C–N with tert-alkyl or cyclic N) is 1. The van der Waals surface area contributed by atoms with Gasteiger partial charge in [-0.25, -0.2) is 18.2 Å². The molecule has 0 unspecified atom stereocenters. The number of carbonyl (C=O) groups is 1. The Morgan fingerprint density at radius 2 is 1.85 bits per heavy atom. The monoisotopic (exact) mass is 565 g/mol. The van der Waals surface area contributed by atoms with E-state index in [4.69, 9.17) is 5.11 Å². The average molecular weight is 566 g/mol. The van der Waals surface area contributed by atoms with Crippen LogP contribution >= 0.6 is 0 Å². The Labute approximate surface area is 232 Å². The third kappa shape index (κ3) is 5.90. The summed E-state index contributed by atoms with van der Waals surface area (Å²) in [6, 6.07) is 7.86. The van der Waals surface area contributed by atoms with E-state index in [0.717, 1.165) is 12.1 Å². The molecule has 0 spiro atoms. The van der Waals surface area contributed by atoms with E-state index >= 15 is 8.78 Å². The SMILES string of the molecule is C=CC(=O)Nc1cc(F)cc(-n2ccc(=O)c3cnc(Nc4ccc(N5CCN(CCO)CC5)c(F)c4F)nc32)c1. The van der Waals surface area contributed by atoms with Crippen LogP contribution in [0.5, 0.6) is 0 Å². The van der Waals surface area contributed by atoms with Crippen molar-refractivity contribution in [3.8, 4) is 5.69 Å². The van der Waals surface area contributed by atoms with Crippen molar-refractivity contribution < 1.29 is 23.1 Å². The summed E-state index contributed by atoms with van der Waals surface area (Å²) in [5.41, 5.74) is -0.0406. The number of nitrogens with one attached hydrogen (secondary N) is 2. The van der Waals surface area contributed by atoms with Crippen molar-refractivity contribution in [1.29, 1.82) is 0 Å². The maximum atomic E-state index is 15.1. The van der Waals surface area contributed by atoms with Crippen LogP contribution in [0, 0.1) is 17.5 Å². The lowest BCUT2D eigenvalue weighted by molar-refractivity contribution is -0.111. The predicted molar refractivity (Wildman–Crippen MR) is 149 cm³/mol. The normalized spacial score (nSPS) is 13.8. The predicted octanol–water partition coefficient (Wildman–Crippen LogP) is 3.18. The lowest BCUT2D eigenvalue weighted by Gasteiger charge is -2.36. The first-order valence-corrected chi connectivity index (χ1v) is 12.7. The summed E-state index contributed by atoms with van der Waals surface area (Å²) in [4.78, 5) is 36.4. The molecule has 1 aliphatic heterocycles. The quantitative estimate of drug-likeness (QED) is 0.279. The largest absolute Gasteiger partial charge is 0.395 e. The number of carbonyl (C=O) groups excluding carboxylic acids is 1. The molecule has 3 heterocycles. The summed E-state index contributed by atoms with van der Waals surface area (Å²) in [5, 5.41) is 14.4. The number of aliphatic hydroxyl groups excluding tert-OH is 1. The molecule has 0 radical (unpaired) electrons. The van der Waals surface area contributed by atoms with Crippen molar-refractivity contribution in [1.82, 2.24) is 19.4 Å². The van der Waals surface area contributed by atoms with Gasteiger partial charge in [0.15, 0.2) is 22.7 Å². The van der Waals surface area contributed by atoms with E-state index in [2.05, 4.69) is 27.2 Å². The van der Waals surface area contributed by atoms with Crippen LogP contribution in [0.1, 0.15) is 0 Å². The second-order valence-electron chi connectivity index (χ2n) is 9.31. The Kier molecular flexibility index (Phi) is 7.99. The first-order chi connectivity index (χ1) is 19.8. The van der Waals surface area contributed by atoms with E-state index in [1.807, 2.05) is 4.90 Å². The van der Waals surface area contributed by atoms with Crippen LogP contribution in [0.3, 0.4) is 0 Å². The minimum atomic E-state index is -1.12. The van der Waals surface area contributed by atoms with Gasteiger partial charge in [-0.3, -0.25) is 14.5 Å². The molecule has 2 aromatic heterocycles. The smallest absolute Gasteiger partial charge is 0.247 e. The molecule has 1 aliphatic rings. The highest BCUT2D eigenvalue weighted by Crippen LogP contribution is 2.29. The number of fused-ring (bicyclic) bond motifs is 1. The first kappa shape index (κ1) is 27.8. The average Bonchev–Trinajstić information content (AvgIpc) is 2.96. The fourth-order valence-electron chi connectivity index (χ4n) is 4.63. The minimum absolute atomic E-state index is 0.0353. The summed E-state index contributed by atoms with van der Waals surface area (Å²) in [6.45, 7) is 6.12. The van der Waals surface area contributed by atoms with E-state index < -0.39 is 28.8 Å². The molecule has 41 heavy (non-hydrogen) atoms. The van der Waals surface area contributed by atoms with Crippen molar-refractivity contribution >= 4 is 40.0 Å². The lowest BCUT2D eigenvalue weighted by Crippen LogP contribution is -2.47. The van der Waals surface area contributed by atoms with Crippen LogP contribution in [-0.2, 0) is 4.79 Å². The van der Waals surface area contributed by atoms with E-state index in [-0.39, 0.29) is 46.3 Å². The molecule has 0 bridgehead atoms. The Balaban J connectivity index is 1.46. The number of hydrogen-bond donors (Lipinski definition) is 3. The molecule has 1 fully saturated rings. The van der Waals surface area contributed by atoms with Gasteiger partial charge in [0.2, 0.25) is 11.9 Å². The zero-order chi connectivity index (χ0) is 29.1. The van der Waals surface area contributed by atoms with Gasteiger partial charge in [0.1, 0.15) is 5.82 Å². The summed E-state index contributed by atoms with van der Waals surface area (Å²) in [6.07, 6.45) is 3.65. The second-order valence-corrected chi connectivity index (χ2v) is 9.31. The summed E-state index contributed by atoms with van der Waals surface area (Å²) in [5.74, 6) is -3.48. The van der Waals surface area contributed by atoms with E-state index in [1.165, 1.54) is 47.3 Å². The van der Waals surface area contributed by atoms with Crippen LogP contribution in [0.2, 0.25) is 0 Å². The van der Waals surface area contributed by atoms with Gasteiger partial charge in [-0.1, -0.05) is 6.58 Å². The third-order valence-corrected chi connectivity index (χ3v) is 6.69. The first-order valence-electron chi connectivity index (χ1n) is 12.7. The standard InChI is InChI=1S/C28H26F3N7O3/c1-2-24(41)33-18-13-17(29)14-19(15-18)38-6-5-23(40)20-16-32-28(35-27(20)38)34-21-3-4-22(26(31)25(21)30)37-9-7-36(8-10-37)11-12-39/h2-6,13-16,39H,1,7-12H2,(H,33,41)(H,32,34,35). The molecule has 5 rings (SSSR count). The maximum absolute atomic E-state index is 15.1. The highest BCUT2D eigenvalue weighted by molar-refractivity contribution is 5.99. The number of hydrogen-bond acceptors (Lipinski definition) is 8. The molecular weight excluding hydrogens is 539 g/mol. The second kappa shape index (κ2) is 11.8. The minimum Gasteiger partial charge on any atom is -0.395 e. The number of aromatic nitrogens is 3. The number of piperazine rings is 1. The van der Waals surface area contributed by atoms with Crippen LogP contribution in [0.25, 0.3) is 16.7 Å². The van der Waals surface area contributed by atoms with Gasteiger partial charge in [0.25, 0.3) is 0 Å². The van der Waals surface area contributed by atoms with Crippen LogP contribution in [0.4, 0.5) is 36.2 Å². The molecule has 3 N–H and O–H groups in total. The molecule has 1 amide bonds. The maximum Gasteiger partial charge on any atom is 0.247 e. The molecule has 2 aromatic carbocycles. The molecule has 13 heteroatoms. The van der Waals surface area contributed by atoms with E-state index in [0.29, 0.717) is 32.7 Å². The lowest BCUT2D eigenvalue weighted by atomic mass is 10.2. The van der Waals surface area contributed by atoms with Crippen molar-refractivity contribution in [3.63, 3.8) is 0 Å². The van der Waals surface area contributed by atoms with Gasteiger partial charge in [-0.05, 0) is 36.4 Å². The van der Waals surface area contributed by atoms with Gasteiger partial charge >= 0.3 is 0 Å². The molecule has 1 saturated heterocycles. The van der Waals surface area contributed by atoms with Crippen molar-refractivity contribution in [2.45, 2.75) is 0 Å². The summed E-state index contributed by atoms with van der Waals surface area (Å²) < 4.78 is 46.1. The Hall–Kier alpha value is -4.75. The fraction of sp³-hybridized carbons (Fsp3) is 0.214. The van der Waals surface area contributed by atoms with Crippen molar-refractivity contribution in [2.75, 3.05) is 54.9 Å². The van der Waals surface area contributed by atoms with Gasteiger partial charge in [-0.2, -0.15) is 4.98 Å². The molecule has 4 aromatic rings. The Morgan fingerprint density at radius 3 is 2.59 bits per heavy atom. The zero-order valence-corrected chi connectivity index (χ0v) is 21.8. The van der Waals surface area contributed by atoms with Crippen LogP contribution in [0.15, 0.2) is 66.2 Å². The van der Waals surface area contributed by atoms with E-state index in [1.54, 1.807) is 4.90 Å². The number of rotatable bonds is 8. The number of halogens is 3. The molecule has 10 nitrogen and oxygen atoms in total. The molecule has 0 aliphatic carbocycles. The highest BCUT2D eigenvalue weighted by Gasteiger charge is 2.23. The topological polar surface area (TPSA) is 116 Å². The van der Waals surface area contributed by atoms with E-state index in [9.17, 15) is 14.0 Å². The van der Waals surface area contributed by atoms with Crippen LogP contribution < -0.4 is 21.0 Å². The van der Waals surface area contributed by atoms with Gasteiger partial charge in [-0.15, -0.1) is 0 Å².